The normalized spacial score (nSPS) is 20.1. The summed E-state index contributed by atoms with van der Waals surface area (Å²) in [5.41, 5.74) is 3.16. The molecule has 3 aromatic rings. The predicted octanol–water partition coefficient (Wildman–Crippen LogP) is 4.06. The molecule has 9 heteroatoms. The summed E-state index contributed by atoms with van der Waals surface area (Å²) in [5, 5.41) is 4.17. The standard InChI is InChI=1S/C28H38N8O/c1-4-35-14-13-34(19-28(35)11-12-28)18-20-9-10-24(29-16-20)31-27-30-17-21-15-23(26(37)33(2)3)36(25(21)32-27)22-7-5-6-8-22/h9-10,15-17,22H,4-8,11-14,18-19H2,1-3H3,(H,29,30,31,32). The molecule has 0 aromatic carbocycles. The maximum absolute atomic E-state index is 12.9. The minimum absolute atomic E-state index is 0.000351. The van der Waals surface area contributed by atoms with Gasteiger partial charge < -0.3 is 14.8 Å². The monoisotopic (exact) mass is 502 g/mol. The van der Waals surface area contributed by atoms with Crippen LogP contribution in [-0.4, -0.2) is 85.9 Å². The Kier molecular flexibility index (Phi) is 6.36. The van der Waals surface area contributed by atoms with Gasteiger partial charge in [0.05, 0.1) is 0 Å². The molecule has 1 spiro atoms. The number of rotatable bonds is 7. The fraction of sp³-hybridized carbons (Fsp3) is 0.571. The molecule has 0 unspecified atom stereocenters. The van der Waals surface area contributed by atoms with Crippen molar-refractivity contribution < 1.29 is 4.79 Å². The number of hydrogen-bond acceptors (Lipinski definition) is 7. The lowest BCUT2D eigenvalue weighted by Crippen LogP contribution is -2.54. The van der Waals surface area contributed by atoms with E-state index in [2.05, 4.69) is 42.6 Å². The Labute approximate surface area is 218 Å². The van der Waals surface area contributed by atoms with Crippen molar-refractivity contribution in [1.82, 2.24) is 34.2 Å². The van der Waals surface area contributed by atoms with Crippen molar-refractivity contribution in [3.8, 4) is 0 Å². The molecule has 3 fully saturated rings. The Morgan fingerprint density at radius 2 is 1.95 bits per heavy atom. The average Bonchev–Trinajstić information content (AvgIpc) is 3.29. The molecule has 37 heavy (non-hydrogen) atoms. The molecule has 3 aliphatic rings. The molecule has 1 aliphatic heterocycles. The number of likely N-dealkylation sites (N-methyl/N-ethyl adjacent to an activating group) is 1. The number of anilines is 2. The van der Waals surface area contributed by atoms with Gasteiger partial charge in [0, 0.05) is 69.6 Å². The number of carbonyl (C=O) groups is 1. The van der Waals surface area contributed by atoms with Crippen LogP contribution in [-0.2, 0) is 6.54 Å². The molecule has 0 radical (unpaired) electrons. The van der Waals surface area contributed by atoms with Crippen molar-refractivity contribution in [1.29, 1.82) is 0 Å². The summed E-state index contributed by atoms with van der Waals surface area (Å²) in [6, 6.07) is 6.38. The molecule has 1 amide bonds. The van der Waals surface area contributed by atoms with Crippen LogP contribution >= 0.6 is 0 Å². The second-order valence-corrected chi connectivity index (χ2v) is 11.2. The van der Waals surface area contributed by atoms with Gasteiger partial charge in [-0.2, -0.15) is 4.98 Å². The van der Waals surface area contributed by atoms with Crippen molar-refractivity contribution in [2.75, 3.05) is 45.6 Å². The number of nitrogens with one attached hydrogen (secondary N) is 1. The minimum atomic E-state index is 0.000351. The minimum Gasteiger partial charge on any atom is -0.343 e. The highest BCUT2D eigenvalue weighted by atomic mass is 16.2. The Morgan fingerprint density at radius 1 is 1.14 bits per heavy atom. The van der Waals surface area contributed by atoms with E-state index >= 15 is 0 Å². The molecule has 0 atom stereocenters. The quantitative estimate of drug-likeness (QED) is 0.522. The fourth-order valence-corrected chi connectivity index (χ4v) is 6.30. The van der Waals surface area contributed by atoms with E-state index in [0.29, 0.717) is 23.2 Å². The maximum Gasteiger partial charge on any atom is 0.270 e. The highest BCUT2D eigenvalue weighted by Crippen LogP contribution is 2.44. The van der Waals surface area contributed by atoms with Crippen molar-refractivity contribution in [2.45, 2.75) is 63.6 Å². The van der Waals surface area contributed by atoms with Gasteiger partial charge in [-0.25, -0.2) is 9.97 Å². The van der Waals surface area contributed by atoms with E-state index < -0.39 is 0 Å². The van der Waals surface area contributed by atoms with Crippen LogP contribution < -0.4 is 5.32 Å². The molecule has 2 saturated carbocycles. The molecule has 6 rings (SSSR count). The van der Waals surface area contributed by atoms with Gasteiger partial charge in [-0.15, -0.1) is 0 Å². The van der Waals surface area contributed by atoms with E-state index in [-0.39, 0.29) is 5.91 Å². The van der Waals surface area contributed by atoms with Gasteiger partial charge in [-0.3, -0.25) is 14.6 Å². The third kappa shape index (κ3) is 4.70. The smallest absolute Gasteiger partial charge is 0.270 e. The largest absolute Gasteiger partial charge is 0.343 e. The van der Waals surface area contributed by atoms with Crippen LogP contribution in [0.1, 0.15) is 67.5 Å². The van der Waals surface area contributed by atoms with Crippen LogP contribution in [0.2, 0.25) is 0 Å². The zero-order valence-electron chi connectivity index (χ0n) is 22.3. The lowest BCUT2D eigenvalue weighted by molar-refractivity contribution is 0.0591. The molecular formula is C28H38N8O. The first-order chi connectivity index (χ1) is 18.0. The molecule has 9 nitrogen and oxygen atoms in total. The van der Waals surface area contributed by atoms with Crippen molar-refractivity contribution in [2.24, 2.45) is 0 Å². The van der Waals surface area contributed by atoms with E-state index in [1.165, 1.54) is 31.2 Å². The third-order valence-electron chi connectivity index (χ3n) is 8.45. The van der Waals surface area contributed by atoms with E-state index in [0.717, 1.165) is 62.4 Å². The number of amides is 1. The maximum atomic E-state index is 12.9. The van der Waals surface area contributed by atoms with E-state index in [9.17, 15) is 4.79 Å². The third-order valence-corrected chi connectivity index (χ3v) is 8.45. The Morgan fingerprint density at radius 3 is 2.62 bits per heavy atom. The number of fused-ring (bicyclic) bond motifs is 1. The highest BCUT2D eigenvalue weighted by Gasteiger charge is 2.50. The van der Waals surface area contributed by atoms with Gasteiger partial charge in [0.25, 0.3) is 5.91 Å². The molecule has 2 aliphatic carbocycles. The van der Waals surface area contributed by atoms with Crippen molar-refractivity contribution in [3.63, 3.8) is 0 Å². The summed E-state index contributed by atoms with van der Waals surface area (Å²) >= 11 is 0. The first kappa shape index (κ1) is 24.3. The number of nitrogens with zero attached hydrogens (tertiary/aromatic N) is 7. The molecule has 196 valence electrons. The van der Waals surface area contributed by atoms with Crippen LogP contribution in [0.5, 0.6) is 0 Å². The number of pyridine rings is 1. The number of aromatic nitrogens is 4. The van der Waals surface area contributed by atoms with Gasteiger partial charge in [-0.1, -0.05) is 25.8 Å². The number of piperazine rings is 1. The zero-order valence-corrected chi connectivity index (χ0v) is 22.3. The van der Waals surface area contributed by atoms with Gasteiger partial charge in [0.2, 0.25) is 5.95 Å². The van der Waals surface area contributed by atoms with Crippen LogP contribution in [0.3, 0.4) is 0 Å². The van der Waals surface area contributed by atoms with Crippen LogP contribution in [0.25, 0.3) is 11.0 Å². The number of hydrogen-bond donors (Lipinski definition) is 1. The summed E-state index contributed by atoms with van der Waals surface area (Å²) in [6.07, 6.45) is 10.9. The van der Waals surface area contributed by atoms with Gasteiger partial charge in [0.1, 0.15) is 17.2 Å². The second kappa shape index (κ2) is 9.68. The molecule has 1 saturated heterocycles. The first-order valence-electron chi connectivity index (χ1n) is 13.7. The lowest BCUT2D eigenvalue weighted by Gasteiger charge is -2.41. The molecular weight excluding hydrogens is 464 g/mol. The summed E-state index contributed by atoms with van der Waals surface area (Å²) < 4.78 is 2.14. The number of carbonyl (C=O) groups excluding carboxylic acids is 1. The molecule has 3 aromatic heterocycles. The van der Waals surface area contributed by atoms with Gasteiger partial charge in [0.15, 0.2) is 0 Å². The van der Waals surface area contributed by atoms with Gasteiger partial charge >= 0.3 is 0 Å². The fourth-order valence-electron chi connectivity index (χ4n) is 6.30. The molecule has 0 bridgehead atoms. The van der Waals surface area contributed by atoms with Crippen LogP contribution in [0.15, 0.2) is 30.6 Å². The Bertz CT molecular complexity index is 1270. The topological polar surface area (TPSA) is 82.4 Å². The molecule has 1 N–H and O–H groups in total. The van der Waals surface area contributed by atoms with Crippen molar-refractivity contribution in [3.05, 3.63) is 41.9 Å². The zero-order chi connectivity index (χ0) is 25.6. The summed E-state index contributed by atoms with van der Waals surface area (Å²) in [6.45, 7) is 7.81. The predicted molar refractivity (Wildman–Crippen MR) is 145 cm³/mol. The first-order valence-corrected chi connectivity index (χ1v) is 13.7. The Hall–Kier alpha value is -3.04. The van der Waals surface area contributed by atoms with Crippen LogP contribution in [0, 0.1) is 0 Å². The second-order valence-electron chi connectivity index (χ2n) is 11.2. The SMILES string of the molecule is CCN1CCN(Cc2ccc(Nc3ncc4cc(C(=O)N(C)C)n(C5CCCC5)c4n3)nc2)CC12CC2. The van der Waals surface area contributed by atoms with E-state index in [4.69, 9.17) is 4.98 Å². The van der Waals surface area contributed by atoms with Crippen LogP contribution in [0.4, 0.5) is 11.8 Å². The summed E-state index contributed by atoms with van der Waals surface area (Å²) in [7, 11) is 3.59. The Balaban J connectivity index is 1.18. The van der Waals surface area contributed by atoms with Gasteiger partial charge in [-0.05, 0) is 49.9 Å². The molecule has 4 heterocycles. The average molecular weight is 503 g/mol. The van der Waals surface area contributed by atoms with Crippen molar-refractivity contribution >= 4 is 28.7 Å². The lowest BCUT2D eigenvalue weighted by atomic mass is 10.1. The summed E-state index contributed by atoms with van der Waals surface area (Å²) in [5.74, 6) is 1.22. The highest BCUT2D eigenvalue weighted by molar-refractivity contribution is 5.97. The summed E-state index contributed by atoms with van der Waals surface area (Å²) in [4.78, 5) is 33.8. The van der Waals surface area contributed by atoms with E-state index in [1.54, 1.807) is 25.2 Å². The van der Waals surface area contributed by atoms with E-state index in [1.807, 2.05) is 18.3 Å².